The Balaban J connectivity index is 2.07. The minimum atomic E-state index is -0.590. The SMILES string of the molecule is COc1cc(C=NNC(=O)COc2ccc(C(C)(C)CC(C)(C)C)cc2[N+](=O)[O-])cc(Br)c1O. The smallest absolute Gasteiger partial charge is 0.311 e. The van der Waals surface area contributed by atoms with Crippen molar-refractivity contribution in [2.24, 2.45) is 10.5 Å². The standard InChI is InChI=1S/C24H30BrN3O6/c1-23(2,3)14-24(4,5)16-7-8-19(18(11-16)28(31)32)34-13-21(29)27-26-12-15-9-17(25)22(30)20(10-15)33-6/h7-12,30H,13-14H2,1-6H3,(H,27,29). The number of nitro benzene ring substituents is 1. The van der Waals surface area contributed by atoms with E-state index in [1.54, 1.807) is 12.1 Å². The first-order valence-electron chi connectivity index (χ1n) is 10.5. The van der Waals surface area contributed by atoms with E-state index in [4.69, 9.17) is 9.47 Å². The van der Waals surface area contributed by atoms with Gasteiger partial charge in [0.15, 0.2) is 23.9 Å². The summed E-state index contributed by atoms with van der Waals surface area (Å²) in [5.74, 6) is -0.391. The number of aromatic hydroxyl groups is 1. The van der Waals surface area contributed by atoms with Crippen LogP contribution in [-0.2, 0) is 10.2 Å². The lowest BCUT2D eigenvalue weighted by Gasteiger charge is -2.33. The lowest BCUT2D eigenvalue weighted by atomic mass is 9.72. The number of hydrazone groups is 1. The molecule has 2 aromatic carbocycles. The number of rotatable bonds is 9. The van der Waals surface area contributed by atoms with Gasteiger partial charge >= 0.3 is 5.69 Å². The fourth-order valence-electron chi connectivity index (χ4n) is 3.81. The van der Waals surface area contributed by atoms with E-state index in [2.05, 4.69) is 47.2 Å². The van der Waals surface area contributed by atoms with Crippen molar-refractivity contribution in [2.75, 3.05) is 13.7 Å². The van der Waals surface area contributed by atoms with E-state index in [-0.39, 0.29) is 33.8 Å². The van der Waals surface area contributed by atoms with Crippen LogP contribution in [0.2, 0.25) is 0 Å². The second-order valence-corrected chi connectivity index (χ2v) is 10.6. The zero-order valence-electron chi connectivity index (χ0n) is 20.1. The van der Waals surface area contributed by atoms with Crippen molar-refractivity contribution < 1.29 is 24.3 Å². The molecule has 0 aromatic heterocycles. The number of halogens is 1. The van der Waals surface area contributed by atoms with Crippen LogP contribution in [0.15, 0.2) is 39.9 Å². The van der Waals surface area contributed by atoms with E-state index in [0.29, 0.717) is 10.0 Å². The number of phenolic OH excluding ortho intramolecular Hbond substituents is 1. The van der Waals surface area contributed by atoms with Crippen molar-refractivity contribution in [1.82, 2.24) is 5.43 Å². The van der Waals surface area contributed by atoms with E-state index in [1.165, 1.54) is 31.5 Å². The Kier molecular flexibility index (Phi) is 8.66. The molecule has 1 amide bonds. The Morgan fingerprint density at radius 3 is 2.47 bits per heavy atom. The molecule has 10 heteroatoms. The molecule has 0 atom stereocenters. The van der Waals surface area contributed by atoms with Crippen molar-refractivity contribution in [3.63, 3.8) is 0 Å². The molecule has 0 fully saturated rings. The third-order valence-electron chi connectivity index (χ3n) is 4.94. The zero-order valence-corrected chi connectivity index (χ0v) is 21.7. The van der Waals surface area contributed by atoms with Crippen LogP contribution in [0, 0.1) is 15.5 Å². The summed E-state index contributed by atoms with van der Waals surface area (Å²) in [6.07, 6.45) is 2.19. The molecule has 0 bridgehead atoms. The molecule has 0 radical (unpaired) electrons. The molecule has 0 aliphatic heterocycles. The van der Waals surface area contributed by atoms with E-state index in [0.717, 1.165) is 12.0 Å². The van der Waals surface area contributed by atoms with Gasteiger partial charge in [-0.2, -0.15) is 5.10 Å². The van der Waals surface area contributed by atoms with Gasteiger partial charge < -0.3 is 14.6 Å². The lowest BCUT2D eigenvalue weighted by molar-refractivity contribution is -0.385. The molecule has 0 spiro atoms. The van der Waals surface area contributed by atoms with Crippen LogP contribution in [0.1, 0.15) is 52.2 Å². The maximum Gasteiger partial charge on any atom is 0.311 e. The second-order valence-electron chi connectivity index (χ2n) is 9.70. The van der Waals surface area contributed by atoms with E-state index < -0.39 is 17.4 Å². The number of methoxy groups -OCH3 is 1. The molecule has 2 aromatic rings. The summed E-state index contributed by atoms with van der Waals surface area (Å²) >= 11 is 3.20. The van der Waals surface area contributed by atoms with Crippen molar-refractivity contribution in [3.8, 4) is 17.2 Å². The largest absolute Gasteiger partial charge is 0.503 e. The van der Waals surface area contributed by atoms with Crippen LogP contribution in [0.5, 0.6) is 17.2 Å². The van der Waals surface area contributed by atoms with Gasteiger partial charge in [-0.05, 0) is 62.5 Å². The van der Waals surface area contributed by atoms with Gasteiger partial charge in [0.1, 0.15) is 0 Å². The molecule has 9 nitrogen and oxygen atoms in total. The first-order chi connectivity index (χ1) is 15.7. The number of nitro groups is 1. The number of phenols is 1. The Bertz CT molecular complexity index is 1090. The number of nitrogens with one attached hydrogen (secondary N) is 1. The predicted octanol–water partition coefficient (Wildman–Crippen LogP) is 5.31. The molecule has 34 heavy (non-hydrogen) atoms. The van der Waals surface area contributed by atoms with E-state index in [9.17, 15) is 20.0 Å². The van der Waals surface area contributed by atoms with Crippen LogP contribution in [0.25, 0.3) is 0 Å². The third-order valence-corrected chi connectivity index (χ3v) is 5.55. The van der Waals surface area contributed by atoms with Gasteiger partial charge in [-0.1, -0.05) is 40.7 Å². The number of carbonyl (C=O) groups is 1. The van der Waals surface area contributed by atoms with E-state index >= 15 is 0 Å². The molecule has 2 rings (SSSR count). The topological polar surface area (TPSA) is 123 Å². The minimum Gasteiger partial charge on any atom is -0.503 e. The summed E-state index contributed by atoms with van der Waals surface area (Å²) in [6.45, 7) is 10.0. The average Bonchev–Trinajstić information content (AvgIpc) is 2.72. The highest BCUT2D eigenvalue weighted by molar-refractivity contribution is 9.10. The summed E-state index contributed by atoms with van der Waals surface area (Å²) in [5, 5.41) is 25.3. The van der Waals surface area contributed by atoms with Crippen LogP contribution < -0.4 is 14.9 Å². The molecule has 0 aliphatic carbocycles. The van der Waals surface area contributed by atoms with Crippen molar-refractivity contribution in [3.05, 3.63) is 56.0 Å². The Hall–Kier alpha value is -3.14. The summed E-state index contributed by atoms with van der Waals surface area (Å²) in [6, 6.07) is 7.95. The third kappa shape index (κ3) is 7.44. The zero-order chi connectivity index (χ0) is 25.7. The normalized spacial score (nSPS) is 12.0. The van der Waals surface area contributed by atoms with Crippen LogP contribution in [-0.4, -0.2) is 35.9 Å². The fourth-order valence-corrected chi connectivity index (χ4v) is 4.27. The van der Waals surface area contributed by atoms with Crippen molar-refractivity contribution >= 4 is 33.7 Å². The van der Waals surface area contributed by atoms with Gasteiger partial charge in [0.2, 0.25) is 0 Å². The van der Waals surface area contributed by atoms with Crippen molar-refractivity contribution in [1.29, 1.82) is 0 Å². The van der Waals surface area contributed by atoms with Gasteiger partial charge in [0.25, 0.3) is 5.91 Å². The molecule has 0 aliphatic rings. The number of amides is 1. The number of hydrogen-bond donors (Lipinski definition) is 2. The number of carbonyl (C=O) groups excluding carboxylic acids is 1. The minimum absolute atomic E-state index is 0.00615. The highest BCUT2D eigenvalue weighted by Crippen LogP contribution is 2.39. The number of ether oxygens (including phenoxy) is 2. The van der Waals surface area contributed by atoms with Crippen LogP contribution >= 0.6 is 15.9 Å². The van der Waals surface area contributed by atoms with Crippen LogP contribution in [0.3, 0.4) is 0 Å². The summed E-state index contributed by atoms with van der Waals surface area (Å²) in [7, 11) is 1.42. The number of hydrogen-bond acceptors (Lipinski definition) is 7. The molecule has 2 N–H and O–H groups in total. The molecule has 0 unspecified atom stereocenters. The predicted molar refractivity (Wildman–Crippen MR) is 134 cm³/mol. The molecule has 0 saturated heterocycles. The summed E-state index contributed by atoms with van der Waals surface area (Å²) in [4.78, 5) is 23.2. The number of nitrogens with zero attached hydrogens (tertiary/aromatic N) is 2. The van der Waals surface area contributed by atoms with Gasteiger partial charge in [0, 0.05) is 6.07 Å². The number of benzene rings is 2. The van der Waals surface area contributed by atoms with Gasteiger partial charge in [0.05, 0.1) is 22.7 Å². The van der Waals surface area contributed by atoms with Crippen molar-refractivity contribution in [2.45, 2.75) is 46.5 Å². The highest BCUT2D eigenvalue weighted by Gasteiger charge is 2.29. The maximum atomic E-state index is 12.1. The highest BCUT2D eigenvalue weighted by atomic mass is 79.9. The monoisotopic (exact) mass is 535 g/mol. The van der Waals surface area contributed by atoms with E-state index in [1.807, 2.05) is 13.8 Å². The van der Waals surface area contributed by atoms with Crippen LogP contribution in [0.4, 0.5) is 5.69 Å². The summed E-state index contributed by atoms with van der Waals surface area (Å²) in [5.41, 5.74) is 3.26. The van der Waals surface area contributed by atoms with Gasteiger partial charge in [-0.3, -0.25) is 14.9 Å². The Morgan fingerprint density at radius 1 is 1.21 bits per heavy atom. The second kappa shape index (κ2) is 10.9. The molecular weight excluding hydrogens is 506 g/mol. The Morgan fingerprint density at radius 2 is 1.88 bits per heavy atom. The first-order valence-corrected chi connectivity index (χ1v) is 11.3. The quantitative estimate of drug-likeness (QED) is 0.254. The fraction of sp³-hybridized carbons (Fsp3) is 0.417. The Labute approximate surface area is 207 Å². The van der Waals surface area contributed by atoms with Gasteiger partial charge in [-0.15, -0.1) is 0 Å². The maximum absolute atomic E-state index is 12.1. The molecule has 184 valence electrons. The molecule has 0 saturated carbocycles. The molecular formula is C24H30BrN3O6. The van der Waals surface area contributed by atoms with Gasteiger partial charge in [-0.25, -0.2) is 5.43 Å². The molecule has 0 heterocycles. The average molecular weight is 536 g/mol. The lowest BCUT2D eigenvalue weighted by Crippen LogP contribution is -2.26. The summed E-state index contributed by atoms with van der Waals surface area (Å²) < 4.78 is 10.9. The first kappa shape index (κ1) is 27.1.